The Hall–Kier alpha value is -2.14. The van der Waals surface area contributed by atoms with Gasteiger partial charge < -0.3 is 0 Å². The zero-order valence-electron chi connectivity index (χ0n) is 10.9. The molecule has 0 fully saturated rings. The summed E-state index contributed by atoms with van der Waals surface area (Å²) in [5.74, 6) is 0. The lowest BCUT2D eigenvalue weighted by molar-refractivity contribution is 0.588. The molecule has 0 amide bonds. The van der Waals surface area contributed by atoms with Gasteiger partial charge >= 0.3 is 0 Å². The number of hydrogen-bond acceptors (Lipinski definition) is 2. The van der Waals surface area contributed by atoms with Crippen molar-refractivity contribution >= 4 is 0 Å². The Kier molecular flexibility index (Phi) is 3.16. The van der Waals surface area contributed by atoms with Crippen molar-refractivity contribution in [3.05, 3.63) is 53.9 Å². The van der Waals surface area contributed by atoms with E-state index in [0.717, 1.165) is 11.1 Å². The van der Waals surface area contributed by atoms with Crippen LogP contribution in [-0.2, 0) is 5.41 Å². The molecule has 90 valence electrons. The Morgan fingerprint density at radius 3 is 2.22 bits per heavy atom. The second kappa shape index (κ2) is 4.62. The average Bonchev–Trinajstić information content (AvgIpc) is 2.38. The fraction of sp³-hybridized carbons (Fsp3) is 0.250. The van der Waals surface area contributed by atoms with Crippen LogP contribution in [0, 0.1) is 11.3 Å². The van der Waals surface area contributed by atoms with Gasteiger partial charge in [-0.1, -0.05) is 32.9 Å². The van der Waals surface area contributed by atoms with Crippen LogP contribution < -0.4 is 0 Å². The largest absolute Gasteiger partial charge is 0.264 e. The summed E-state index contributed by atoms with van der Waals surface area (Å²) in [7, 11) is 0. The summed E-state index contributed by atoms with van der Waals surface area (Å²) in [5.41, 5.74) is 4.16. The molecule has 2 heteroatoms. The molecule has 0 aliphatic heterocycles. The molecule has 0 atom stereocenters. The van der Waals surface area contributed by atoms with Crippen LogP contribution in [0.2, 0.25) is 0 Å². The van der Waals surface area contributed by atoms with E-state index in [1.165, 1.54) is 5.56 Å². The van der Waals surface area contributed by atoms with E-state index < -0.39 is 0 Å². The standard InChI is InChI=1S/C16H16N2/c1-16(2,3)15-8-14(10-18-11-15)13-6-4-12(9-17)5-7-13/h4-8,10-11H,1-3H3. The van der Waals surface area contributed by atoms with Crippen molar-refractivity contribution in [1.82, 2.24) is 4.98 Å². The molecule has 0 N–H and O–H groups in total. The minimum atomic E-state index is 0.0929. The highest BCUT2D eigenvalue weighted by molar-refractivity contribution is 5.64. The van der Waals surface area contributed by atoms with Gasteiger partial charge in [0.25, 0.3) is 0 Å². The van der Waals surface area contributed by atoms with Gasteiger partial charge in [0, 0.05) is 18.0 Å². The molecule has 18 heavy (non-hydrogen) atoms. The molecule has 0 radical (unpaired) electrons. The van der Waals surface area contributed by atoms with Crippen molar-refractivity contribution in [2.75, 3.05) is 0 Å². The van der Waals surface area contributed by atoms with Crippen LogP contribution in [0.1, 0.15) is 31.9 Å². The van der Waals surface area contributed by atoms with E-state index in [9.17, 15) is 0 Å². The maximum Gasteiger partial charge on any atom is 0.0991 e. The third-order valence-electron chi connectivity index (χ3n) is 2.95. The number of benzene rings is 1. The summed E-state index contributed by atoms with van der Waals surface area (Å²) in [6.45, 7) is 6.52. The maximum absolute atomic E-state index is 8.79. The molecular formula is C16H16N2. The number of rotatable bonds is 1. The summed E-state index contributed by atoms with van der Waals surface area (Å²) >= 11 is 0. The number of nitriles is 1. The smallest absolute Gasteiger partial charge is 0.0991 e. The molecule has 0 aliphatic carbocycles. The summed E-state index contributed by atoms with van der Waals surface area (Å²) in [5, 5.41) is 8.79. The molecule has 2 rings (SSSR count). The SMILES string of the molecule is CC(C)(C)c1cncc(-c2ccc(C#N)cc2)c1. The topological polar surface area (TPSA) is 36.7 Å². The molecular weight excluding hydrogens is 220 g/mol. The first-order valence-electron chi connectivity index (χ1n) is 5.97. The monoisotopic (exact) mass is 236 g/mol. The zero-order valence-corrected chi connectivity index (χ0v) is 10.9. The van der Waals surface area contributed by atoms with Gasteiger partial charge in [0.15, 0.2) is 0 Å². The summed E-state index contributed by atoms with van der Waals surface area (Å²) in [6, 6.07) is 11.9. The van der Waals surface area contributed by atoms with Gasteiger partial charge in [-0.2, -0.15) is 5.26 Å². The quantitative estimate of drug-likeness (QED) is 0.752. The molecule has 1 heterocycles. The highest BCUT2D eigenvalue weighted by Crippen LogP contribution is 2.26. The first-order valence-corrected chi connectivity index (χ1v) is 5.97. The van der Waals surface area contributed by atoms with Gasteiger partial charge in [0.2, 0.25) is 0 Å². The van der Waals surface area contributed by atoms with Gasteiger partial charge in [-0.05, 0) is 34.7 Å². The normalized spacial score (nSPS) is 11.0. The molecule has 0 saturated heterocycles. The fourth-order valence-electron chi connectivity index (χ4n) is 1.75. The lowest BCUT2D eigenvalue weighted by Crippen LogP contribution is -2.11. The Morgan fingerprint density at radius 2 is 1.67 bits per heavy atom. The summed E-state index contributed by atoms with van der Waals surface area (Å²) in [6.07, 6.45) is 3.77. The van der Waals surface area contributed by atoms with E-state index in [1.807, 2.05) is 36.7 Å². The lowest BCUT2D eigenvalue weighted by Gasteiger charge is -2.19. The molecule has 1 aromatic heterocycles. The Bertz CT molecular complexity index is 584. The van der Waals surface area contributed by atoms with Crippen LogP contribution in [0.5, 0.6) is 0 Å². The van der Waals surface area contributed by atoms with Gasteiger partial charge in [-0.3, -0.25) is 4.98 Å². The van der Waals surface area contributed by atoms with Gasteiger partial charge in [0.1, 0.15) is 0 Å². The lowest BCUT2D eigenvalue weighted by atomic mass is 9.87. The van der Waals surface area contributed by atoms with Crippen LogP contribution in [0.25, 0.3) is 11.1 Å². The number of nitrogens with zero attached hydrogens (tertiary/aromatic N) is 2. The number of aromatic nitrogens is 1. The number of pyridine rings is 1. The Morgan fingerprint density at radius 1 is 1.00 bits per heavy atom. The Labute approximate surface area is 108 Å². The molecule has 0 spiro atoms. The average molecular weight is 236 g/mol. The minimum Gasteiger partial charge on any atom is -0.264 e. The third kappa shape index (κ3) is 2.57. The van der Waals surface area contributed by atoms with Crippen molar-refractivity contribution in [2.45, 2.75) is 26.2 Å². The zero-order chi connectivity index (χ0) is 13.2. The van der Waals surface area contributed by atoms with E-state index in [1.54, 1.807) is 0 Å². The highest BCUT2D eigenvalue weighted by atomic mass is 14.6. The Balaban J connectivity index is 2.42. The number of hydrogen-bond donors (Lipinski definition) is 0. The first kappa shape index (κ1) is 12.3. The van der Waals surface area contributed by atoms with Crippen LogP contribution in [-0.4, -0.2) is 4.98 Å². The second-order valence-electron chi connectivity index (χ2n) is 5.40. The highest BCUT2D eigenvalue weighted by Gasteiger charge is 2.14. The van der Waals surface area contributed by atoms with Gasteiger partial charge in [-0.25, -0.2) is 0 Å². The molecule has 0 unspecified atom stereocenters. The molecule has 2 aromatic rings. The van der Waals surface area contributed by atoms with E-state index >= 15 is 0 Å². The molecule has 0 bridgehead atoms. The molecule has 1 aromatic carbocycles. The summed E-state index contributed by atoms with van der Waals surface area (Å²) in [4.78, 5) is 4.31. The third-order valence-corrected chi connectivity index (χ3v) is 2.95. The van der Waals surface area contributed by atoms with E-state index in [0.29, 0.717) is 5.56 Å². The summed E-state index contributed by atoms with van der Waals surface area (Å²) < 4.78 is 0. The molecule has 0 aliphatic rings. The van der Waals surface area contributed by atoms with Crippen molar-refractivity contribution in [3.8, 4) is 17.2 Å². The van der Waals surface area contributed by atoms with Crippen LogP contribution in [0.3, 0.4) is 0 Å². The van der Waals surface area contributed by atoms with Gasteiger partial charge in [0.05, 0.1) is 11.6 Å². The maximum atomic E-state index is 8.79. The molecule has 0 saturated carbocycles. The van der Waals surface area contributed by atoms with E-state index in [4.69, 9.17) is 5.26 Å². The van der Waals surface area contributed by atoms with Crippen molar-refractivity contribution in [2.24, 2.45) is 0 Å². The molecule has 2 nitrogen and oxygen atoms in total. The fourth-order valence-corrected chi connectivity index (χ4v) is 1.75. The van der Waals surface area contributed by atoms with Crippen molar-refractivity contribution in [3.63, 3.8) is 0 Å². The van der Waals surface area contributed by atoms with Crippen LogP contribution in [0.4, 0.5) is 0 Å². The van der Waals surface area contributed by atoms with Crippen molar-refractivity contribution < 1.29 is 0 Å². The predicted molar refractivity (Wildman–Crippen MR) is 73.1 cm³/mol. The van der Waals surface area contributed by atoms with Gasteiger partial charge in [-0.15, -0.1) is 0 Å². The first-order chi connectivity index (χ1) is 8.50. The van der Waals surface area contributed by atoms with E-state index in [-0.39, 0.29) is 5.41 Å². The van der Waals surface area contributed by atoms with Crippen molar-refractivity contribution in [1.29, 1.82) is 5.26 Å². The van der Waals surface area contributed by atoms with Crippen LogP contribution >= 0.6 is 0 Å². The van der Waals surface area contributed by atoms with Crippen LogP contribution in [0.15, 0.2) is 42.7 Å². The van der Waals surface area contributed by atoms with E-state index in [2.05, 4.69) is 37.9 Å². The second-order valence-corrected chi connectivity index (χ2v) is 5.40. The predicted octanol–water partition coefficient (Wildman–Crippen LogP) is 3.92. The minimum absolute atomic E-state index is 0.0929.